The zero-order valence-corrected chi connectivity index (χ0v) is 9.56. The molecule has 74 valence electrons. The van der Waals surface area contributed by atoms with E-state index < -0.39 is 24.4 Å². The molecular formula is C6H12Br2O4. The molecule has 0 amide bonds. The van der Waals surface area contributed by atoms with Gasteiger partial charge in [0.25, 0.3) is 0 Å². The van der Waals surface area contributed by atoms with Crippen LogP contribution in [0.1, 0.15) is 0 Å². The predicted octanol–water partition coefficient (Wildman–Crippen LogP) is -0.559. The summed E-state index contributed by atoms with van der Waals surface area (Å²) in [6.07, 6.45) is -3.14. The number of alkyl halides is 1. The number of hydrogen-bond donors (Lipinski definition) is 3. The molecule has 0 aromatic carbocycles. The van der Waals surface area contributed by atoms with E-state index in [1.54, 1.807) is 0 Å². The Hall–Kier alpha value is 0.800. The van der Waals surface area contributed by atoms with Crippen molar-refractivity contribution in [2.45, 2.75) is 24.4 Å². The van der Waals surface area contributed by atoms with Crippen molar-refractivity contribution in [3.63, 3.8) is 0 Å². The van der Waals surface area contributed by atoms with Gasteiger partial charge in [0.15, 0.2) is 0 Å². The van der Waals surface area contributed by atoms with Crippen LogP contribution in [0.4, 0.5) is 0 Å². The van der Waals surface area contributed by atoms with Crippen LogP contribution in [0.5, 0.6) is 0 Å². The number of aliphatic hydroxyl groups excluding tert-OH is 3. The van der Waals surface area contributed by atoms with Crippen molar-refractivity contribution in [1.29, 1.82) is 0 Å². The van der Waals surface area contributed by atoms with Crippen LogP contribution in [0.2, 0.25) is 0 Å². The van der Waals surface area contributed by atoms with Gasteiger partial charge in [-0.25, -0.2) is 0 Å². The average molecular weight is 308 g/mol. The van der Waals surface area contributed by atoms with Gasteiger partial charge in [-0.05, 0) is 0 Å². The van der Waals surface area contributed by atoms with Gasteiger partial charge in [0.05, 0.1) is 12.7 Å². The highest BCUT2D eigenvalue weighted by molar-refractivity contribution is 9.09. The van der Waals surface area contributed by atoms with Gasteiger partial charge in [-0.1, -0.05) is 15.9 Å². The molecule has 6 heteroatoms. The zero-order valence-electron chi connectivity index (χ0n) is 6.26. The van der Waals surface area contributed by atoms with Gasteiger partial charge >= 0.3 is 0 Å². The first kappa shape index (κ1) is 12.8. The summed E-state index contributed by atoms with van der Waals surface area (Å²) in [5.41, 5.74) is 0. The van der Waals surface area contributed by atoms with E-state index in [2.05, 4.69) is 15.9 Å². The molecule has 3 N–H and O–H groups in total. The maximum Gasteiger partial charge on any atom is 0.114 e. The van der Waals surface area contributed by atoms with E-state index in [4.69, 9.17) is 14.9 Å². The second-order valence-corrected chi connectivity index (χ2v) is 3.23. The van der Waals surface area contributed by atoms with Gasteiger partial charge in [-0.3, -0.25) is 0 Å². The van der Waals surface area contributed by atoms with Gasteiger partial charge < -0.3 is 20.1 Å². The van der Waals surface area contributed by atoms with Crippen LogP contribution >= 0.6 is 32.9 Å². The van der Waals surface area contributed by atoms with Crippen LogP contribution in [0.3, 0.4) is 0 Å². The van der Waals surface area contributed by atoms with E-state index in [-0.39, 0.29) is 28.9 Å². The fourth-order valence-electron chi connectivity index (χ4n) is 0.930. The third kappa shape index (κ3) is 2.65. The summed E-state index contributed by atoms with van der Waals surface area (Å²) in [5, 5.41) is 27.6. The average Bonchev–Trinajstić information content (AvgIpc) is 2.00. The monoisotopic (exact) mass is 306 g/mol. The third-order valence-electron chi connectivity index (χ3n) is 1.73. The lowest BCUT2D eigenvalue weighted by atomic mass is 10.0. The van der Waals surface area contributed by atoms with Crippen molar-refractivity contribution in [2.75, 3.05) is 11.9 Å². The molecule has 1 aliphatic heterocycles. The van der Waals surface area contributed by atoms with Crippen molar-refractivity contribution in [3.05, 3.63) is 0 Å². The Morgan fingerprint density at radius 2 is 2.08 bits per heavy atom. The summed E-state index contributed by atoms with van der Waals surface area (Å²) >= 11 is 3.01. The molecule has 12 heavy (non-hydrogen) atoms. The summed E-state index contributed by atoms with van der Waals surface area (Å²) in [6.45, 7) is 0.247. The van der Waals surface area contributed by atoms with Crippen LogP contribution < -0.4 is 0 Å². The molecule has 0 radical (unpaired) electrons. The van der Waals surface area contributed by atoms with E-state index in [9.17, 15) is 5.11 Å². The largest absolute Gasteiger partial charge is 0.389 e. The molecule has 1 aliphatic rings. The molecule has 0 unspecified atom stereocenters. The minimum atomic E-state index is -1.00. The highest BCUT2D eigenvalue weighted by Crippen LogP contribution is 2.18. The van der Waals surface area contributed by atoms with Gasteiger partial charge in [-0.15, -0.1) is 17.0 Å². The fourth-order valence-corrected chi connectivity index (χ4v) is 1.31. The Kier molecular flexibility index (Phi) is 5.88. The molecular weight excluding hydrogens is 296 g/mol. The molecule has 4 nitrogen and oxygen atoms in total. The molecule has 0 spiro atoms. The summed E-state index contributed by atoms with van der Waals surface area (Å²) in [7, 11) is 0. The molecule has 0 bridgehead atoms. The maximum absolute atomic E-state index is 9.24. The minimum absolute atomic E-state index is 0. The van der Waals surface area contributed by atoms with Gasteiger partial charge in [0.1, 0.15) is 18.3 Å². The summed E-state index contributed by atoms with van der Waals surface area (Å²) in [4.78, 5) is 0. The molecule has 1 fully saturated rings. The molecule has 1 rings (SSSR count). The summed E-state index contributed by atoms with van der Waals surface area (Å²) < 4.78 is 4.85. The van der Waals surface area contributed by atoms with E-state index in [0.29, 0.717) is 0 Å². The second-order valence-electron chi connectivity index (χ2n) is 2.58. The quantitative estimate of drug-likeness (QED) is 0.612. The number of ether oxygens (including phenoxy) is 1. The van der Waals surface area contributed by atoms with Gasteiger partial charge in [0.2, 0.25) is 0 Å². The summed E-state index contributed by atoms with van der Waals surface area (Å²) in [5.74, 6) is 0. The van der Waals surface area contributed by atoms with Crippen molar-refractivity contribution in [2.24, 2.45) is 0 Å². The van der Waals surface area contributed by atoms with E-state index in [1.165, 1.54) is 0 Å². The first-order valence-corrected chi connectivity index (χ1v) is 4.50. The van der Waals surface area contributed by atoms with Crippen LogP contribution in [0.25, 0.3) is 0 Å². The zero-order chi connectivity index (χ0) is 8.43. The van der Waals surface area contributed by atoms with E-state index >= 15 is 0 Å². The Balaban J connectivity index is 0.00000121. The molecule has 0 saturated carbocycles. The van der Waals surface area contributed by atoms with Crippen molar-refractivity contribution < 1.29 is 20.1 Å². The van der Waals surface area contributed by atoms with Gasteiger partial charge in [-0.2, -0.15) is 0 Å². The van der Waals surface area contributed by atoms with Crippen molar-refractivity contribution in [3.8, 4) is 0 Å². The number of halogens is 2. The van der Waals surface area contributed by atoms with Crippen LogP contribution in [-0.2, 0) is 4.74 Å². The Morgan fingerprint density at radius 3 is 2.33 bits per heavy atom. The SMILES string of the molecule is Br.O[C@@H]([C@H]1OC[C@H]1O)[C@H](O)CBr. The third-order valence-corrected chi connectivity index (χ3v) is 2.39. The molecule has 1 saturated heterocycles. The van der Waals surface area contributed by atoms with E-state index in [0.717, 1.165) is 0 Å². The molecule has 0 aromatic rings. The first-order chi connectivity index (χ1) is 5.16. The molecule has 4 atom stereocenters. The minimum Gasteiger partial charge on any atom is -0.389 e. The normalized spacial score (nSPS) is 33.0. The standard InChI is InChI=1S/C6H11BrO4.BrH/c7-1-3(8)5(10)6-4(9)2-11-6;/h3-6,8-10H,1-2H2;1H/t3-,4-,5-,6+;/m1./s1. The summed E-state index contributed by atoms with van der Waals surface area (Å²) in [6, 6.07) is 0. The van der Waals surface area contributed by atoms with Crippen LogP contribution in [-0.4, -0.2) is 51.7 Å². The molecule has 1 heterocycles. The lowest BCUT2D eigenvalue weighted by Gasteiger charge is -2.37. The van der Waals surface area contributed by atoms with Crippen LogP contribution in [0.15, 0.2) is 0 Å². The van der Waals surface area contributed by atoms with Gasteiger partial charge in [0, 0.05) is 5.33 Å². The lowest BCUT2D eigenvalue weighted by Crippen LogP contribution is -2.56. The highest BCUT2D eigenvalue weighted by atomic mass is 79.9. The Labute approximate surface area is 89.4 Å². The molecule has 0 aliphatic carbocycles. The smallest absolute Gasteiger partial charge is 0.114 e. The highest BCUT2D eigenvalue weighted by Gasteiger charge is 2.39. The van der Waals surface area contributed by atoms with E-state index in [1.807, 2.05) is 0 Å². The Bertz CT molecular complexity index is 135. The first-order valence-electron chi connectivity index (χ1n) is 3.38. The fraction of sp³-hybridized carbons (Fsp3) is 1.00. The number of aliphatic hydroxyl groups is 3. The second kappa shape index (κ2) is 5.51. The van der Waals surface area contributed by atoms with Crippen molar-refractivity contribution >= 4 is 32.9 Å². The number of hydrogen-bond acceptors (Lipinski definition) is 4. The molecule has 0 aromatic heterocycles. The lowest BCUT2D eigenvalue weighted by molar-refractivity contribution is -0.216. The topological polar surface area (TPSA) is 69.9 Å². The van der Waals surface area contributed by atoms with Crippen LogP contribution in [0, 0.1) is 0 Å². The number of rotatable bonds is 3. The predicted molar refractivity (Wildman–Crippen MR) is 51.9 cm³/mol. The maximum atomic E-state index is 9.24. The van der Waals surface area contributed by atoms with Crippen molar-refractivity contribution in [1.82, 2.24) is 0 Å². The Morgan fingerprint density at radius 1 is 1.50 bits per heavy atom.